The highest BCUT2D eigenvalue weighted by Gasteiger charge is 2.32. The van der Waals surface area contributed by atoms with Crippen molar-refractivity contribution in [2.75, 3.05) is 17.3 Å². The third kappa shape index (κ3) is 3.69. The van der Waals surface area contributed by atoms with E-state index < -0.39 is 15.8 Å². The Kier molecular flexibility index (Phi) is 4.85. The second kappa shape index (κ2) is 6.64. The second-order valence-electron chi connectivity index (χ2n) is 5.33. The van der Waals surface area contributed by atoms with Crippen LogP contribution in [0.2, 0.25) is 0 Å². The molecule has 1 unspecified atom stereocenters. The summed E-state index contributed by atoms with van der Waals surface area (Å²) in [7, 11) is 1.69. The highest BCUT2D eigenvalue weighted by atomic mass is 35.6. The molecule has 25 heavy (non-hydrogen) atoms. The van der Waals surface area contributed by atoms with Crippen LogP contribution in [-0.2, 0) is 9.59 Å². The van der Waals surface area contributed by atoms with E-state index >= 15 is 0 Å². The number of benzene rings is 1. The zero-order valence-corrected chi connectivity index (χ0v) is 16.1. The third-order valence-corrected chi connectivity index (χ3v) is 4.85. The normalized spacial score (nSPS) is 17.1. The Bertz CT molecular complexity index is 850. The van der Waals surface area contributed by atoms with Crippen LogP contribution in [0.1, 0.15) is 6.92 Å². The molecule has 6 nitrogen and oxygen atoms in total. The number of carbonyl (C=O) groups is 2. The standard InChI is InChI=1S/C15H12Cl3N3O3S/c1-7-12(22)21(2)10-5-8(3-4-11(10)24-7)9-6-25-14(19-9)20-13(23)15(16,17)18/h3-7H,1-2H3,(H,19,20,23). The molecule has 2 heterocycles. The molecule has 0 saturated carbocycles. The van der Waals surface area contributed by atoms with Gasteiger partial charge in [0.05, 0.1) is 11.4 Å². The zero-order valence-electron chi connectivity index (χ0n) is 13.0. The number of likely N-dealkylation sites (N-methyl/N-ethyl adjacent to an activating group) is 1. The Morgan fingerprint density at radius 2 is 2.12 bits per heavy atom. The first kappa shape index (κ1) is 18.3. The summed E-state index contributed by atoms with van der Waals surface area (Å²) >= 11 is 17.8. The molecular formula is C15H12Cl3N3O3S. The Hall–Kier alpha value is -1.54. The van der Waals surface area contributed by atoms with Gasteiger partial charge in [-0.25, -0.2) is 4.98 Å². The van der Waals surface area contributed by atoms with Crippen LogP contribution < -0.4 is 15.0 Å². The van der Waals surface area contributed by atoms with Gasteiger partial charge in [0, 0.05) is 18.0 Å². The average molecular weight is 421 g/mol. The first-order chi connectivity index (χ1) is 11.7. The molecule has 1 aromatic heterocycles. The first-order valence-electron chi connectivity index (χ1n) is 7.09. The molecule has 2 aromatic rings. The molecule has 3 rings (SSSR count). The summed E-state index contributed by atoms with van der Waals surface area (Å²) < 4.78 is 3.53. The highest BCUT2D eigenvalue weighted by Crippen LogP contribution is 2.37. The van der Waals surface area contributed by atoms with Crippen molar-refractivity contribution < 1.29 is 14.3 Å². The van der Waals surface area contributed by atoms with Gasteiger partial charge in [-0.2, -0.15) is 0 Å². The monoisotopic (exact) mass is 419 g/mol. The van der Waals surface area contributed by atoms with Crippen molar-refractivity contribution in [3.8, 4) is 17.0 Å². The van der Waals surface area contributed by atoms with E-state index in [-0.39, 0.29) is 5.91 Å². The summed E-state index contributed by atoms with van der Waals surface area (Å²) in [5.74, 6) is -0.284. The number of hydrogen-bond acceptors (Lipinski definition) is 5. The Balaban J connectivity index is 1.87. The number of anilines is 2. The van der Waals surface area contributed by atoms with Gasteiger partial charge >= 0.3 is 0 Å². The fourth-order valence-corrected chi connectivity index (χ4v) is 3.16. The lowest BCUT2D eigenvalue weighted by atomic mass is 10.1. The van der Waals surface area contributed by atoms with Crippen LogP contribution >= 0.6 is 46.1 Å². The number of fused-ring (bicyclic) bond motifs is 1. The minimum absolute atomic E-state index is 0.126. The number of nitrogens with one attached hydrogen (secondary N) is 1. The number of aromatic nitrogens is 1. The van der Waals surface area contributed by atoms with Gasteiger partial charge in [0.15, 0.2) is 11.2 Å². The molecule has 1 aliphatic rings. The van der Waals surface area contributed by atoms with Crippen LogP contribution in [0.25, 0.3) is 11.3 Å². The van der Waals surface area contributed by atoms with Crippen LogP contribution in [0.5, 0.6) is 5.75 Å². The maximum absolute atomic E-state index is 12.1. The molecule has 132 valence electrons. The fourth-order valence-electron chi connectivity index (χ4n) is 2.30. The number of ether oxygens (including phenoxy) is 1. The fraction of sp³-hybridized carbons (Fsp3) is 0.267. The predicted octanol–water partition coefficient (Wildman–Crippen LogP) is 3.86. The van der Waals surface area contributed by atoms with Crippen molar-refractivity contribution in [2.45, 2.75) is 16.8 Å². The Morgan fingerprint density at radius 3 is 2.80 bits per heavy atom. The molecule has 1 N–H and O–H groups in total. The van der Waals surface area contributed by atoms with Crippen molar-refractivity contribution in [1.82, 2.24) is 4.98 Å². The molecule has 0 aliphatic carbocycles. The van der Waals surface area contributed by atoms with Crippen LogP contribution in [0, 0.1) is 0 Å². The smallest absolute Gasteiger partial charge is 0.278 e. The van der Waals surface area contributed by atoms with E-state index in [4.69, 9.17) is 39.5 Å². The number of rotatable bonds is 2. The molecular weight excluding hydrogens is 409 g/mol. The zero-order chi connectivity index (χ0) is 18.4. The van der Waals surface area contributed by atoms with Gasteiger partial charge in [0.1, 0.15) is 5.75 Å². The molecule has 1 aromatic carbocycles. The summed E-state index contributed by atoms with van der Waals surface area (Å²) in [6, 6.07) is 5.41. The largest absolute Gasteiger partial charge is 0.479 e. The van der Waals surface area contributed by atoms with Gasteiger partial charge in [-0.15, -0.1) is 11.3 Å². The maximum Gasteiger partial charge on any atom is 0.278 e. The van der Waals surface area contributed by atoms with E-state index in [1.165, 1.54) is 11.3 Å². The van der Waals surface area contributed by atoms with E-state index in [9.17, 15) is 9.59 Å². The summed E-state index contributed by atoms with van der Waals surface area (Å²) in [4.78, 5) is 29.6. The van der Waals surface area contributed by atoms with E-state index in [1.54, 1.807) is 36.4 Å². The molecule has 0 fully saturated rings. The number of alkyl halides is 3. The molecule has 2 amide bonds. The number of thiazole rings is 1. The lowest BCUT2D eigenvalue weighted by Crippen LogP contribution is -2.41. The van der Waals surface area contributed by atoms with E-state index in [0.29, 0.717) is 22.3 Å². The summed E-state index contributed by atoms with van der Waals surface area (Å²) in [5, 5.41) is 4.50. The summed E-state index contributed by atoms with van der Waals surface area (Å²) in [6.45, 7) is 1.70. The molecule has 1 atom stereocenters. The second-order valence-corrected chi connectivity index (χ2v) is 8.47. The molecule has 10 heteroatoms. The van der Waals surface area contributed by atoms with Crippen molar-refractivity contribution in [1.29, 1.82) is 0 Å². The lowest BCUT2D eigenvalue weighted by molar-refractivity contribution is -0.125. The van der Waals surface area contributed by atoms with Crippen molar-refractivity contribution in [2.24, 2.45) is 0 Å². The number of amides is 2. The van der Waals surface area contributed by atoms with Gasteiger partial charge in [0.25, 0.3) is 15.6 Å². The molecule has 0 spiro atoms. The van der Waals surface area contributed by atoms with E-state index in [2.05, 4.69) is 10.3 Å². The van der Waals surface area contributed by atoms with Gasteiger partial charge < -0.3 is 9.64 Å². The van der Waals surface area contributed by atoms with Gasteiger partial charge in [-0.1, -0.05) is 34.8 Å². The number of nitrogens with zero attached hydrogens (tertiary/aromatic N) is 2. The van der Waals surface area contributed by atoms with Gasteiger partial charge in [0.2, 0.25) is 0 Å². The number of halogens is 3. The molecule has 0 saturated heterocycles. The molecule has 0 bridgehead atoms. The van der Waals surface area contributed by atoms with E-state index in [1.807, 2.05) is 6.07 Å². The van der Waals surface area contributed by atoms with Gasteiger partial charge in [-0.3, -0.25) is 14.9 Å². The highest BCUT2D eigenvalue weighted by molar-refractivity contribution is 7.14. The van der Waals surface area contributed by atoms with E-state index in [0.717, 1.165) is 5.56 Å². The topological polar surface area (TPSA) is 71.5 Å². The molecule has 0 radical (unpaired) electrons. The van der Waals surface area contributed by atoms with Crippen LogP contribution in [0.4, 0.5) is 10.8 Å². The predicted molar refractivity (Wildman–Crippen MR) is 100.0 cm³/mol. The summed E-state index contributed by atoms with van der Waals surface area (Å²) in [6.07, 6.45) is -0.522. The number of carbonyl (C=O) groups excluding carboxylic acids is 2. The van der Waals surface area contributed by atoms with Crippen LogP contribution in [0.3, 0.4) is 0 Å². The van der Waals surface area contributed by atoms with Gasteiger partial charge in [-0.05, 0) is 25.1 Å². The van der Waals surface area contributed by atoms with Crippen LogP contribution in [-0.4, -0.2) is 33.7 Å². The summed E-state index contributed by atoms with van der Waals surface area (Å²) in [5.41, 5.74) is 2.04. The SMILES string of the molecule is CC1Oc2ccc(-c3csc(NC(=O)C(Cl)(Cl)Cl)n3)cc2N(C)C1=O. The van der Waals surface area contributed by atoms with Crippen molar-refractivity contribution in [3.63, 3.8) is 0 Å². The number of hydrogen-bond donors (Lipinski definition) is 1. The average Bonchev–Trinajstić information content (AvgIpc) is 3.00. The van der Waals surface area contributed by atoms with Crippen molar-refractivity contribution in [3.05, 3.63) is 23.6 Å². The Morgan fingerprint density at radius 1 is 1.40 bits per heavy atom. The third-order valence-electron chi connectivity index (χ3n) is 3.58. The first-order valence-corrected chi connectivity index (χ1v) is 9.10. The Labute approximate surface area is 162 Å². The van der Waals surface area contributed by atoms with Crippen LogP contribution in [0.15, 0.2) is 23.6 Å². The molecule has 1 aliphatic heterocycles. The van der Waals surface area contributed by atoms with Crippen molar-refractivity contribution >= 4 is 68.8 Å². The minimum Gasteiger partial charge on any atom is -0.479 e. The lowest BCUT2D eigenvalue weighted by Gasteiger charge is -2.30. The minimum atomic E-state index is -2.06. The quantitative estimate of drug-likeness (QED) is 0.749. The maximum atomic E-state index is 12.1.